The number of hydrogen-bond acceptors (Lipinski definition) is 3. The molecule has 0 aliphatic rings. The lowest BCUT2D eigenvalue weighted by Gasteiger charge is -2.02. The van der Waals surface area contributed by atoms with Crippen LogP contribution in [0.5, 0.6) is 0 Å². The summed E-state index contributed by atoms with van der Waals surface area (Å²) in [5.74, 6) is 0.0736. The molecule has 0 atom stereocenters. The maximum atomic E-state index is 11.3. The Kier molecular flexibility index (Phi) is 7.09. The van der Waals surface area contributed by atoms with E-state index in [1.165, 1.54) is 12.8 Å². The molecule has 0 unspecified atom stereocenters. The zero-order valence-corrected chi connectivity index (χ0v) is 10.3. The molecule has 0 bridgehead atoms. The topological polar surface area (TPSA) is 60.2 Å². The van der Waals surface area contributed by atoms with Gasteiger partial charge >= 0.3 is 0 Å². The molecule has 3 nitrogen and oxygen atoms in total. The predicted octanol–water partition coefficient (Wildman–Crippen LogP) is 1.66. The van der Waals surface area contributed by atoms with Gasteiger partial charge in [0.2, 0.25) is 0 Å². The quantitative estimate of drug-likeness (QED) is 0.515. The second-order valence-electron chi connectivity index (χ2n) is 3.47. The molecule has 84 valence electrons. The first-order valence-electron chi connectivity index (χ1n) is 4.96. The lowest BCUT2D eigenvalue weighted by Crippen LogP contribution is -2.23. The average Bonchev–Trinajstić information content (AvgIpc) is 2.01. The number of unbranched alkanes of at least 4 members (excludes halogenated alkanes) is 4. The third-order valence-electron chi connectivity index (χ3n) is 1.92. The SMILES string of the molecule is CCCCCCCS(=O)(=O)CC(N)=S. The van der Waals surface area contributed by atoms with Crippen molar-refractivity contribution in [2.75, 3.05) is 11.5 Å². The molecular weight excluding hydrogens is 218 g/mol. The van der Waals surface area contributed by atoms with Crippen LogP contribution in [0.3, 0.4) is 0 Å². The van der Waals surface area contributed by atoms with Crippen molar-refractivity contribution < 1.29 is 8.42 Å². The molecule has 2 N–H and O–H groups in total. The van der Waals surface area contributed by atoms with Gasteiger partial charge in [-0.15, -0.1) is 0 Å². The first-order valence-corrected chi connectivity index (χ1v) is 7.19. The van der Waals surface area contributed by atoms with Crippen molar-refractivity contribution in [2.45, 2.75) is 39.0 Å². The van der Waals surface area contributed by atoms with Gasteiger partial charge in [-0.2, -0.15) is 0 Å². The van der Waals surface area contributed by atoms with E-state index in [1.807, 2.05) is 0 Å². The minimum atomic E-state index is -3.03. The number of sulfone groups is 1. The van der Waals surface area contributed by atoms with E-state index in [2.05, 4.69) is 19.1 Å². The highest BCUT2D eigenvalue weighted by atomic mass is 32.2. The smallest absolute Gasteiger partial charge is 0.156 e. The van der Waals surface area contributed by atoms with Gasteiger partial charge in [0.05, 0.1) is 10.7 Å². The third-order valence-corrected chi connectivity index (χ3v) is 3.91. The fourth-order valence-corrected chi connectivity index (χ4v) is 2.97. The van der Waals surface area contributed by atoms with Gasteiger partial charge in [0.1, 0.15) is 5.75 Å². The van der Waals surface area contributed by atoms with Crippen LogP contribution in [0.4, 0.5) is 0 Å². The highest BCUT2D eigenvalue weighted by Gasteiger charge is 2.11. The molecule has 0 aliphatic carbocycles. The van der Waals surface area contributed by atoms with Gasteiger partial charge in [-0.05, 0) is 6.42 Å². The fourth-order valence-electron chi connectivity index (χ4n) is 1.21. The van der Waals surface area contributed by atoms with E-state index in [9.17, 15) is 8.42 Å². The van der Waals surface area contributed by atoms with Crippen LogP contribution in [0.15, 0.2) is 0 Å². The minimum Gasteiger partial charge on any atom is -0.392 e. The summed E-state index contributed by atoms with van der Waals surface area (Å²) >= 11 is 4.56. The zero-order valence-electron chi connectivity index (χ0n) is 8.66. The molecule has 14 heavy (non-hydrogen) atoms. The van der Waals surface area contributed by atoms with Gasteiger partial charge in [0.15, 0.2) is 9.84 Å². The first kappa shape index (κ1) is 13.8. The summed E-state index contributed by atoms with van der Waals surface area (Å²) in [5.41, 5.74) is 5.18. The zero-order chi connectivity index (χ0) is 11.0. The van der Waals surface area contributed by atoms with Crippen LogP contribution in [-0.4, -0.2) is 24.9 Å². The first-order chi connectivity index (χ1) is 6.48. The van der Waals surface area contributed by atoms with Gasteiger partial charge in [-0.1, -0.05) is 44.8 Å². The molecule has 0 heterocycles. The number of rotatable bonds is 8. The van der Waals surface area contributed by atoms with Crippen molar-refractivity contribution in [2.24, 2.45) is 5.73 Å². The Labute approximate surface area is 92.0 Å². The monoisotopic (exact) mass is 237 g/mol. The summed E-state index contributed by atoms with van der Waals surface area (Å²) < 4.78 is 22.6. The van der Waals surface area contributed by atoms with Crippen molar-refractivity contribution in [1.29, 1.82) is 0 Å². The largest absolute Gasteiger partial charge is 0.392 e. The third kappa shape index (κ3) is 8.44. The van der Waals surface area contributed by atoms with Crippen LogP contribution in [0.2, 0.25) is 0 Å². The molecule has 0 aromatic rings. The Morgan fingerprint density at radius 3 is 2.29 bits per heavy atom. The summed E-state index contributed by atoms with van der Waals surface area (Å²) in [6.07, 6.45) is 5.16. The van der Waals surface area contributed by atoms with Crippen LogP contribution >= 0.6 is 12.2 Å². The van der Waals surface area contributed by atoms with E-state index in [0.29, 0.717) is 0 Å². The number of hydrogen-bond donors (Lipinski definition) is 1. The van der Waals surface area contributed by atoms with E-state index in [-0.39, 0.29) is 16.5 Å². The normalized spacial score (nSPS) is 11.5. The van der Waals surface area contributed by atoms with Gasteiger partial charge in [-0.3, -0.25) is 0 Å². The van der Waals surface area contributed by atoms with E-state index >= 15 is 0 Å². The molecule has 0 saturated carbocycles. The molecule has 0 radical (unpaired) electrons. The van der Waals surface area contributed by atoms with Crippen molar-refractivity contribution in [1.82, 2.24) is 0 Å². The molecule has 0 aromatic carbocycles. The van der Waals surface area contributed by atoms with Crippen LogP contribution in [0.1, 0.15) is 39.0 Å². The Balaban J connectivity index is 3.61. The molecular formula is C9H19NO2S2. The summed E-state index contributed by atoms with van der Waals surface area (Å²) in [7, 11) is -3.03. The second kappa shape index (κ2) is 7.17. The van der Waals surface area contributed by atoms with Gasteiger partial charge in [0, 0.05) is 0 Å². The Morgan fingerprint density at radius 2 is 1.79 bits per heavy atom. The van der Waals surface area contributed by atoms with Crippen LogP contribution < -0.4 is 5.73 Å². The Morgan fingerprint density at radius 1 is 1.21 bits per heavy atom. The standard InChI is InChI=1S/C9H19NO2S2/c1-2-3-4-5-6-7-14(11,12)8-9(10)13/h2-8H2,1H3,(H2,10,13). The molecule has 0 saturated heterocycles. The number of thiocarbonyl (C=S) groups is 1. The van der Waals surface area contributed by atoms with Crippen molar-refractivity contribution in [3.63, 3.8) is 0 Å². The van der Waals surface area contributed by atoms with E-state index in [4.69, 9.17) is 5.73 Å². The second-order valence-corrected chi connectivity index (χ2v) is 6.18. The maximum absolute atomic E-state index is 11.3. The van der Waals surface area contributed by atoms with E-state index in [1.54, 1.807) is 0 Å². The maximum Gasteiger partial charge on any atom is 0.156 e. The van der Waals surface area contributed by atoms with Crippen LogP contribution in [0, 0.1) is 0 Å². The highest BCUT2D eigenvalue weighted by molar-refractivity contribution is 7.93. The van der Waals surface area contributed by atoms with Gasteiger partial charge in [-0.25, -0.2) is 8.42 Å². The van der Waals surface area contributed by atoms with Crippen molar-refractivity contribution in [3.8, 4) is 0 Å². The molecule has 0 aromatic heterocycles. The molecule has 0 fully saturated rings. The highest BCUT2D eigenvalue weighted by Crippen LogP contribution is 2.04. The summed E-state index contributed by atoms with van der Waals surface area (Å²) in [6.45, 7) is 2.13. The molecule has 0 rings (SSSR count). The molecule has 0 spiro atoms. The summed E-state index contributed by atoms with van der Waals surface area (Å²) in [6, 6.07) is 0. The summed E-state index contributed by atoms with van der Waals surface area (Å²) in [5, 5.41) is 0. The Hall–Kier alpha value is -0.160. The predicted molar refractivity (Wildman–Crippen MR) is 64.2 cm³/mol. The average molecular weight is 237 g/mol. The van der Waals surface area contributed by atoms with Crippen LogP contribution in [-0.2, 0) is 9.84 Å². The Bertz CT molecular complexity index is 260. The lowest BCUT2D eigenvalue weighted by molar-refractivity contribution is 0.590. The van der Waals surface area contributed by atoms with Crippen LogP contribution in [0.25, 0.3) is 0 Å². The minimum absolute atomic E-state index is 0.0681. The molecule has 5 heteroatoms. The molecule has 0 aliphatic heterocycles. The fraction of sp³-hybridized carbons (Fsp3) is 0.889. The van der Waals surface area contributed by atoms with Gasteiger partial charge < -0.3 is 5.73 Å². The van der Waals surface area contributed by atoms with Crippen molar-refractivity contribution in [3.05, 3.63) is 0 Å². The lowest BCUT2D eigenvalue weighted by atomic mass is 10.2. The van der Waals surface area contributed by atoms with Gasteiger partial charge in [0.25, 0.3) is 0 Å². The van der Waals surface area contributed by atoms with E-state index in [0.717, 1.165) is 19.3 Å². The summed E-state index contributed by atoms with van der Waals surface area (Å²) in [4.78, 5) is 0.0681. The van der Waals surface area contributed by atoms with E-state index < -0.39 is 9.84 Å². The number of nitrogens with two attached hydrogens (primary N) is 1. The van der Waals surface area contributed by atoms with Crippen molar-refractivity contribution >= 4 is 27.0 Å². The molecule has 0 amide bonds.